The summed E-state index contributed by atoms with van der Waals surface area (Å²) in [5, 5.41) is 3.47. The van der Waals surface area contributed by atoms with Crippen LogP contribution in [0.1, 0.15) is 12.8 Å². The van der Waals surface area contributed by atoms with Gasteiger partial charge in [0.1, 0.15) is 0 Å². The second kappa shape index (κ2) is 8.59. The summed E-state index contributed by atoms with van der Waals surface area (Å²) in [6, 6.07) is 0. The van der Waals surface area contributed by atoms with Crippen LogP contribution in [-0.4, -0.2) is 50.8 Å². The Bertz CT molecular complexity index is 132. The fraction of sp³-hybridized carbons (Fsp3) is 1.00. The number of hydrogen-bond acceptors (Lipinski definition) is 3. The molecule has 0 aromatic carbocycles. The van der Waals surface area contributed by atoms with Crippen molar-refractivity contribution in [3.63, 3.8) is 0 Å². The van der Waals surface area contributed by atoms with Gasteiger partial charge in [-0.2, -0.15) is 0 Å². The number of rotatable bonds is 2. The number of nitrogens with zero attached hydrogens (tertiary/aromatic N) is 1. The van der Waals surface area contributed by atoms with Crippen LogP contribution < -0.4 is 5.32 Å². The molecule has 0 saturated carbocycles. The fourth-order valence-corrected chi connectivity index (χ4v) is 2.23. The molecule has 5 heteroatoms. The SMILES string of the molecule is C1CNCC(CN2CCOCC2)C1.Cl.Cl. The summed E-state index contributed by atoms with van der Waals surface area (Å²) in [4.78, 5) is 2.54. The highest BCUT2D eigenvalue weighted by atomic mass is 35.5. The van der Waals surface area contributed by atoms with Crippen molar-refractivity contribution >= 4 is 24.8 Å². The second-order valence-corrected chi connectivity index (χ2v) is 4.13. The number of nitrogens with one attached hydrogen (secondary N) is 1. The first kappa shape index (κ1) is 15.5. The van der Waals surface area contributed by atoms with Crippen molar-refractivity contribution in [2.45, 2.75) is 12.8 Å². The molecular formula is C10H22Cl2N2O. The van der Waals surface area contributed by atoms with E-state index in [9.17, 15) is 0 Å². The highest BCUT2D eigenvalue weighted by Crippen LogP contribution is 2.12. The van der Waals surface area contributed by atoms with Gasteiger partial charge in [0, 0.05) is 19.6 Å². The van der Waals surface area contributed by atoms with E-state index in [-0.39, 0.29) is 24.8 Å². The predicted octanol–water partition coefficient (Wildman–Crippen LogP) is 1.16. The van der Waals surface area contributed by atoms with E-state index in [1.165, 1.54) is 32.5 Å². The zero-order valence-electron chi connectivity index (χ0n) is 9.11. The van der Waals surface area contributed by atoms with E-state index in [2.05, 4.69) is 10.2 Å². The molecule has 2 aliphatic rings. The Labute approximate surface area is 105 Å². The first-order valence-corrected chi connectivity index (χ1v) is 5.46. The van der Waals surface area contributed by atoms with E-state index in [0.717, 1.165) is 32.2 Å². The van der Waals surface area contributed by atoms with E-state index in [4.69, 9.17) is 4.74 Å². The van der Waals surface area contributed by atoms with Gasteiger partial charge < -0.3 is 10.1 Å². The van der Waals surface area contributed by atoms with Crippen LogP contribution in [0.3, 0.4) is 0 Å². The number of morpholine rings is 1. The summed E-state index contributed by atoms with van der Waals surface area (Å²) < 4.78 is 5.33. The lowest BCUT2D eigenvalue weighted by Gasteiger charge is -2.32. The molecule has 92 valence electrons. The standard InChI is InChI=1S/C10H20N2O.2ClH/c1-2-10(8-11-3-1)9-12-4-6-13-7-5-12;;/h10-11H,1-9H2;2*1H. The molecule has 2 saturated heterocycles. The summed E-state index contributed by atoms with van der Waals surface area (Å²) in [6.45, 7) is 7.85. The molecular weight excluding hydrogens is 235 g/mol. The highest BCUT2D eigenvalue weighted by molar-refractivity contribution is 5.85. The molecule has 15 heavy (non-hydrogen) atoms. The molecule has 3 nitrogen and oxygen atoms in total. The van der Waals surface area contributed by atoms with Gasteiger partial charge in [-0.25, -0.2) is 0 Å². The molecule has 2 fully saturated rings. The predicted molar refractivity (Wildman–Crippen MR) is 67.3 cm³/mol. The van der Waals surface area contributed by atoms with Crippen LogP contribution in [0.2, 0.25) is 0 Å². The Balaban J connectivity index is 0.000000980. The fourth-order valence-electron chi connectivity index (χ4n) is 2.23. The Morgan fingerprint density at radius 1 is 1.20 bits per heavy atom. The van der Waals surface area contributed by atoms with Crippen molar-refractivity contribution in [3.8, 4) is 0 Å². The normalized spacial score (nSPS) is 27.6. The van der Waals surface area contributed by atoms with Crippen LogP contribution in [0, 0.1) is 5.92 Å². The zero-order valence-corrected chi connectivity index (χ0v) is 10.7. The molecule has 0 aliphatic carbocycles. The van der Waals surface area contributed by atoms with Crippen molar-refractivity contribution in [2.75, 3.05) is 45.9 Å². The summed E-state index contributed by atoms with van der Waals surface area (Å²) in [7, 11) is 0. The quantitative estimate of drug-likeness (QED) is 0.803. The minimum absolute atomic E-state index is 0. The third-order valence-electron chi connectivity index (χ3n) is 3.02. The van der Waals surface area contributed by atoms with Gasteiger partial charge in [0.05, 0.1) is 13.2 Å². The zero-order chi connectivity index (χ0) is 8.93. The van der Waals surface area contributed by atoms with Gasteiger partial charge in [-0.15, -0.1) is 24.8 Å². The number of piperidine rings is 1. The number of hydrogen-bond donors (Lipinski definition) is 1. The summed E-state index contributed by atoms with van der Waals surface area (Å²) in [5.41, 5.74) is 0. The van der Waals surface area contributed by atoms with E-state index >= 15 is 0 Å². The van der Waals surface area contributed by atoms with Crippen LogP contribution in [0.25, 0.3) is 0 Å². The Morgan fingerprint density at radius 3 is 2.53 bits per heavy atom. The van der Waals surface area contributed by atoms with Crippen molar-refractivity contribution < 1.29 is 4.74 Å². The van der Waals surface area contributed by atoms with Crippen LogP contribution >= 0.6 is 24.8 Å². The smallest absolute Gasteiger partial charge is 0.0594 e. The lowest BCUT2D eigenvalue weighted by Crippen LogP contribution is -2.43. The Kier molecular flexibility index (Phi) is 8.86. The van der Waals surface area contributed by atoms with Crippen LogP contribution in [0.15, 0.2) is 0 Å². The van der Waals surface area contributed by atoms with Crippen molar-refractivity contribution in [1.29, 1.82) is 0 Å². The molecule has 0 spiro atoms. The van der Waals surface area contributed by atoms with Gasteiger partial charge >= 0.3 is 0 Å². The third-order valence-corrected chi connectivity index (χ3v) is 3.02. The summed E-state index contributed by atoms with van der Waals surface area (Å²) >= 11 is 0. The molecule has 1 N–H and O–H groups in total. The number of ether oxygens (including phenoxy) is 1. The van der Waals surface area contributed by atoms with Crippen LogP contribution in [-0.2, 0) is 4.74 Å². The Morgan fingerprint density at radius 2 is 1.93 bits per heavy atom. The van der Waals surface area contributed by atoms with E-state index in [0.29, 0.717) is 0 Å². The topological polar surface area (TPSA) is 24.5 Å². The second-order valence-electron chi connectivity index (χ2n) is 4.13. The molecule has 2 rings (SSSR count). The van der Waals surface area contributed by atoms with Crippen LogP contribution in [0.4, 0.5) is 0 Å². The monoisotopic (exact) mass is 256 g/mol. The average molecular weight is 257 g/mol. The van der Waals surface area contributed by atoms with Gasteiger partial charge in [0.15, 0.2) is 0 Å². The Hall–Kier alpha value is 0.460. The molecule has 0 bridgehead atoms. The molecule has 2 aliphatic heterocycles. The maximum absolute atomic E-state index is 5.33. The van der Waals surface area contributed by atoms with Crippen molar-refractivity contribution in [1.82, 2.24) is 10.2 Å². The van der Waals surface area contributed by atoms with E-state index in [1.807, 2.05) is 0 Å². The molecule has 0 amide bonds. The van der Waals surface area contributed by atoms with Gasteiger partial charge in [-0.3, -0.25) is 4.90 Å². The third kappa shape index (κ3) is 5.36. The lowest BCUT2D eigenvalue weighted by atomic mass is 9.99. The van der Waals surface area contributed by atoms with Crippen LogP contribution in [0.5, 0.6) is 0 Å². The molecule has 0 aromatic heterocycles. The van der Waals surface area contributed by atoms with Gasteiger partial charge in [0.2, 0.25) is 0 Å². The van der Waals surface area contributed by atoms with Gasteiger partial charge in [-0.05, 0) is 31.8 Å². The largest absolute Gasteiger partial charge is 0.379 e. The minimum Gasteiger partial charge on any atom is -0.379 e. The first-order valence-electron chi connectivity index (χ1n) is 5.46. The highest BCUT2D eigenvalue weighted by Gasteiger charge is 2.18. The molecule has 0 radical (unpaired) electrons. The number of halogens is 2. The molecule has 2 heterocycles. The van der Waals surface area contributed by atoms with E-state index in [1.54, 1.807) is 0 Å². The van der Waals surface area contributed by atoms with Gasteiger partial charge in [-0.1, -0.05) is 0 Å². The van der Waals surface area contributed by atoms with Crippen molar-refractivity contribution in [3.05, 3.63) is 0 Å². The maximum atomic E-state index is 5.33. The first-order chi connectivity index (χ1) is 6.45. The maximum Gasteiger partial charge on any atom is 0.0594 e. The minimum atomic E-state index is 0. The van der Waals surface area contributed by atoms with Gasteiger partial charge in [0.25, 0.3) is 0 Å². The lowest BCUT2D eigenvalue weighted by molar-refractivity contribution is 0.0289. The van der Waals surface area contributed by atoms with Crippen molar-refractivity contribution in [2.24, 2.45) is 5.92 Å². The van der Waals surface area contributed by atoms with E-state index < -0.39 is 0 Å². The summed E-state index contributed by atoms with van der Waals surface area (Å²) in [5.74, 6) is 0.881. The molecule has 1 atom stereocenters. The molecule has 1 unspecified atom stereocenters. The summed E-state index contributed by atoms with van der Waals surface area (Å²) in [6.07, 6.45) is 2.76. The molecule has 0 aromatic rings. The average Bonchev–Trinajstić information content (AvgIpc) is 2.21.